The zero-order valence-corrected chi connectivity index (χ0v) is 10.0. The van der Waals surface area contributed by atoms with E-state index in [1.165, 1.54) is 19.2 Å². The Bertz CT molecular complexity index is 446. The summed E-state index contributed by atoms with van der Waals surface area (Å²) in [5.41, 5.74) is 0.595. The van der Waals surface area contributed by atoms with Gasteiger partial charge in [0.05, 0.1) is 12.8 Å². The fourth-order valence-corrected chi connectivity index (χ4v) is 1.37. The van der Waals surface area contributed by atoms with E-state index >= 15 is 0 Å². The van der Waals surface area contributed by atoms with Gasteiger partial charge in [-0.3, -0.25) is 4.79 Å². The number of nitrogens with zero attached hydrogens (tertiary/aromatic N) is 1. The van der Waals surface area contributed by atoms with E-state index < -0.39 is 12.3 Å². The number of anilines is 1. The quantitative estimate of drug-likeness (QED) is 0.787. The average Bonchev–Trinajstić information content (AvgIpc) is 2.23. The molecule has 0 spiro atoms. The third-order valence-electron chi connectivity index (χ3n) is 1.99. The molecule has 0 N–H and O–H groups in total. The molecule has 0 unspecified atom stereocenters. The van der Waals surface area contributed by atoms with Crippen LogP contribution in [0.4, 0.5) is 18.9 Å². The molecule has 1 rings (SSSR count). The summed E-state index contributed by atoms with van der Waals surface area (Å²) in [6, 6.07) is 4.28. The van der Waals surface area contributed by atoms with Crippen molar-refractivity contribution in [2.75, 3.05) is 12.2 Å². The van der Waals surface area contributed by atoms with E-state index in [4.69, 9.17) is 4.74 Å². The predicted molar refractivity (Wildman–Crippen MR) is 58.0 cm³/mol. The lowest BCUT2D eigenvalue weighted by Crippen LogP contribution is -2.35. The summed E-state index contributed by atoms with van der Waals surface area (Å²) < 4.78 is 41.5. The number of rotatable bonds is 3. The van der Waals surface area contributed by atoms with Crippen molar-refractivity contribution in [2.24, 2.45) is 0 Å². The molecule has 1 amide bonds. The SMILES string of the molecule is COc1cc(C)cc(N(OC(F)(F)F)C(C)=O)c1. The van der Waals surface area contributed by atoms with Crippen LogP contribution in [0.15, 0.2) is 18.2 Å². The first-order valence-electron chi connectivity index (χ1n) is 4.95. The molecule has 7 heteroatoms. The van der Waals surface area contributed by atoms with Crippen LogP contribution in [-0.4, -0.2) is 19.4 Å². The number of carbonyl (C=O) groups excluding carboxylic acids is 1. The van der Waals surface area contributed by atoms with Gasteiger partial charge in [-0.2, -0.15) is 9.90 Å². The highest BCUT2D eigenvalue weighted by atomic mass is 19.4. The van der Waals surface area contributed by atoms with Crippen molar-refractivity contribution in [1.29, 1.82) is 0 Å². The summed E-state index contributed by atoms with van der Waals surface area (Å²) in [7, 11) is 1.38. The third kappa shape index (κ3) is 3.92. The molecule has 0 heterocycles. The molecule has 4 nitrogen and oxygen atoms in total. The molecule has 0 fully saturated rings. The maximum absolute atomic E-state index is 12.2. The molecule has 0 aliphatic carbocycles. The van der Waals surface area contributed by atoms with E-state index in [-0.39, 0.29) is 10.8 Å². The molecule has 1 aromatic rings. The second kappa shape index (κ2) is 5.26. The summed E-state index contributed by atoms with van der Waals surface area (Å²) >= 11 is 0. The fraction of sp³-hybridized carbons (Fsp3) is 0.364. The molecule has 0 aromatic heterocycles. The van der Waals surface area contributed by atoms with Gasteiger partial charge in [0.1, 0.15) is 5.75 Å². The number of benzene rings is 1. The number of halogens is 3. The van der Waals surface area contributed by atoms with Gasteiger partial charge >= 0.3 is 6.36 Å². The first-order valence-corrected chi connectivity index (χ1v) is 4.95. The Hall–Kier alpha value is -1.76. The van der Waals surface area contributed by atoms with Crippen LogP contribution < -0.4 is 9.80 Å². The Morgan fingerprint density at radius 1 is 1.28 bits per heavy atom. The lowest BCUT2D eigenvalue weighted by molar-refractivity contribution is -0.327. The van der Waals surface area contributed by atoms with Crippen molar-refractivity contribution < 1.29 is 27.5 Å². The molecule has 0 aliphatic heterocycles. The number of hydrogen-bond acceptors (Lipinski definition) is 3. The van der Waals surface area contributed by atoms with E-state index in [2.05, 4.69) is 4.84 Å². The van der Waals surface area contributed by atoms with Gasteiger partial charge in [-0.1, -0.05) is 0 Å². The van der Waals surface area contributed by atoms with Gasteiger partial charge in [-0.25, -0.2) is 0 Å². The molecule has 100 valence electrons. The lowest BCUT2D eigenvalue weighted by Gasteiger charge is -2.22. The molecule has 1 aromatic carbocycles. The van der Waals surface area contributed by atoms with Crippen LogP contribution in [0.2, 0.25) is 0 Å². The average molecular weight is 263 g/mol. The van der Waals surface area contributed by atoms with Crippen LogP contribution in [0.5, 0.6) is 5.75 Å². The zero-order valence-electron chi connectivity index (χ0n) is 10.0. The molecule has 0 aliphatic rings. The Kier molecular flexibility index (Phi) is 4.18. The topological polar surface area (TPSA) is 38.8 Å². The van der Waals surface area contributed by atoms with Crippen molar-refractivity contribution in [3.05, 3.63) is 23.8 Å². The van der Waals surface area contributed by atoms with Gasteiger partial charge in [0.2, 0.25) is 5.91 Å². The van der Waals surface area contributed by atoms with Gasteiger partial charge in [0.25, 0.3) is 0 Å². The van der Waals surface area contributed by atoms with Crippen molar-refractivity contribution in [3.8, 4) is 5.75 Å². The van der Waals surface area contributed by atoms with Crippen LogP contribution in [0.1, 0.15) is 12.5 Å². The van der Waals surface area contributed by atoms with Crippen LogP contribution in [0, 0.1) is 6.92 Å². The first kappa shape index (κ1) is 14.3. The number of hydroxylamine groups is 1. The van der Waals surface area contributed by atoms with Crippen molar-refractivity contribution in [1.82, 2.24) is 0 Å². The van der Waals surface area contributed by atoms with E-state index in [1.807, 2.05) is 0 Å². The van der Waals surface area contributed by atoms with E-state index in [0.29, 0.717) is 11.3 Å². The summed E-state index contributed by atoms with van der Waals surface area (Å²) in [6.45, 7) is 2.64. The second-order valence-corrected chi connectivity index (χ2v) is 3.56. The van der Waals surface area contributed by atoms with E-state index in [1.54, 1.807) is 13.0 Å². The Labute approximate surface area is 102 Å². The molecular formula is C11H12F3NO3. The number of methoxy groups -OCH3 is 1. The summed E-state index contributed by atoms with van der Waals surface area (Å²) in [4.78, 5) is 14.9. The van der Waals surface area contributed by atoms with E-state index in [9.17, 15) is 18.0 Å². The van der Waals surface area contributed by atoms with Gasteiger partial charge in [0, 0.05) is 13.0 Å². The molecule has 0 saturated carbocycles. The van der Waals surface area contributed by atoms with E-state index in [0.717, 1.165) is 6.92 Å². The predicted octanol–water partition coefficient (Wildman–Crippen LogP) is 2.81. The van der Waals surface area contributed by atoms with Crippen molar-refractivity contribution >= 4 is 11.6 Å². The number of aryl methyl sites for hydroxylation is 1. The maximum Gasteiger partial charge on any atom is 0.544 e. The van der Waals surface area contributed by atoms with Crippen LogP contribution in [0.3, 0.4) is 0 Å². The molecule has 0 atom stereocenters. The summed E-state index contributed by atoms with van der Waals surface area (Å²) in [5, 5.41) is 0.176. The highest BCUT2D eigenvalue weighted by Crippen LogP contribution is 2.28. The largest absolute Gasteiger partial charge is 0.544 e. The normalized spacial score (nSPS) is 11.2. The minimum Gasteiger partial charge on any atom is -0.497 e. The minimum absolute atomic E-state index is 0.0447. The van der Waals surface area contributed by atoms with Crippen LogP contribution in [0.25, 0.3) is 0 Å². The zero-order chi connectivity index (χ0) is 13.9. The monoisotopic (exact) mass is 263 g/mol. The van der Waals surface area contributed by atoms with Gasteiger partial charge in [0.15, 0.2) is 0 Å². The first-order chi connectivity index (χ1) is 8.23. The lowest BCUT2D eigenvalue weighted by atomic mass is 10.2. The highest BCUT2D eigenvalue weighted by molar-refractivity contribution is 5.89. The Morgan fingerprint density at radius 2 is 1.89 bits per heavy atom. The van der Waals surface area contributed by atoms with Crippen molar-refractivity contribution in [2.45, 2.75) is 20.2 Å². The third-order valence-corrected chi connectivity index (χ3v) is 1.99. The molecule has 0 bridgehead atoms. The Morgan fingerprint density at radius 3 is 2.33 bits per heavy atom. The highest BCUT2D eigenvalue weighted by Gasteiger charge is 2.35. The molecule has 0 saturated heterocycles. The minimum atomic E-state index is -4.94. The van der Waals surface area contributed by atoms with Gasteiger partial charge in [-0.05, 0) is 24.6 Å². The number of hydrogen-bond donors (Lipinski definition) is 0. The fourth-order valence-electron chi connectivity index (χ4n) is 1.37. The molecular weight excluding hydrogens is 251 g/mol. The second-order valence-electron chi connectivity index (χ2n) is 3.56. The van der Waals surface area contributed by atoms with Gasteiger partial charge in [-0.15, -0.1) is 13.2 Å². The Balaban J connectivity index is 3.13. The molecule has 0 radical (unpaired) electrons. The maximum atomic E-state index is 12.2. The smallest absolute Gasteiger partial charge is 0.497 e. The van der Waals surface area contributed by atoms with Crippen LogP contribution in [-0.2, 0) is 9.63 Å². The number of ether oxygens (including phenoxy) is 1. The summed E-state index contributed by atoms with van der Waals surface area (Å²) in [6.07, 6.45) is -4.94. The molecule has 18 heavy (non-hydrogen) atoms. The summed E-state index contributed by atoms with van der Waals surface area (Å²) in [5.74, 6) is -0.554. The van der Waals surface area contributed by atoms with Crippen LogP contribution >= 0.6 is 0 Å². The van der Waals surface area contributed by atoms with Gasteiger partial charge < -0.3 is 4.74 Å². The number of carbonyl (C=O) groups is 1. The number of alkyl halides is 3. The van der Waals surface area contributed by atoms with Crippen molar-refractivity contribution in [3.63, 3.8) is 0 Å². The standard InChI is InChI=1S/C11H12F3NO3/c1-7-4-9(6-10(5-7)17-3)15(8(2)16)18-11(12,13)14/h4-6H,1-3H3. The number of amides is 1.